The lowest BCUT2D eigenvalue weighted by atomic mass is 10.4. The quantitative estimate of drug-likeness (QED) is 0.731. The maximum absolute atomic E-state index is 4.13. The molecule has 1 heterocycles. The van der Waals surface area contributed by atoms with E-state index in [1.54, 1.807) is 0 Å². The molecule has 0 bridgehead atoms. The summed E-state index contributed by atoms with van der Waals surface area (Å²) in [5.41, 5.74) is 2.14. The van der Waals surface area contributed by atoms with Crippen LogP contribution in [0, 0.1) is 0 Å². The number of nitrogens with one attached hydrogen (secondary N) is 3. The molecule has 2 aromatic carbocycles. The maximum Gasteiger partial charge on any atom is 0.220 e. The number of hydrogen-bond donors (Lipinski definition) is 3. The van der Waals surface area contributed by atoms with Crippen LogP contribution in [0.1, 0.15) is 0 Å². The summed E-state index contributed by atoms with van der Waals surface area (Å²) in [7, 11) is -5.92. The van der Waals surface area contributed by atoms with E-state index in [4.69, 9.17) is 0 Å². The first-order valence-corrected chi connectivity index (χ1v) is 15.6. The van der Waals surface area contributed by atoms with E-state index in [1.807, 2.05) is 0 Å². The number of hydrogen-bond acceptors (Lipinski definition) is 3. The molecule has 2 unspecified atom stereocenters. The van der Waals surface area contributed by atoms with Crippen LogP contribution in [0.5, 0.6) is 0 Å². The zero-order chi connectivity index (χ0) is 16.6. The Kier molecular flexibility index (Phi) is 4.30. The second-order valence-corrected chi connectivity index (χ2v) is 18.2. The van der Waals surface area contributed by atoms with E-state index in [-0.39, 0.29) is 0 Å². The van der Waals surface area contributed by atoms with Gasteiger partial charge in [0.05, 0.1) is 0 Å². The van der Waals surface area contributed by atoms with Gasteiger partial charge in [-0.25, -0.2) is 0 Å². The normalized spacial score (nSPS) is 34.0. The van der Waals surface area contributed by atoms with Gasteiger partial charge < -0.3 is 13.9 Å². The summed E-state index contributed by atoms with van der Waals surface area (Å²) in [5.74, 6) is 0. The van der Waals surface area contributed by atoms with E-state index < -0.39 is 25.2 Å². The van der Waals surface area contributed by atoms with Gasteiger partial charge in [0.2, 0.25) is 25.2 Å². The minimum absolute atomic E-state index is 1.40. The average molecular weight is 356 g/mol. The SMILES string of the molecule is C=C[Si]1(C)N[Si](C)(c2ccccc2)N[Si](C)(c2ccccc2)N1. The summed E-state index contributed by atoms with van der Waals surface area (Å²) >= 11 is 0. The van der Waals surface area contributed by atoms with Crippen LogP contribution in [0.15, 0.2) is 72.9 Å². The summed E-state index contributed by atoms with van der Waals surface area (Å²) in [4.78, 5) is 0. The van der Waals surface area contributed by atoms with E-state index in [9.17, 15) is 0 Å². The summed E-state index contributed by atoms with van der Waals surface area (Å²) in [5, 5.41) is 2.80. The van der Waals surface area contributed by atoms with Gasteiger partial charge in [-0.1, -0.05) is 66.4 Å². The van der Waals surface area contributed by atoms with Crippen molar-refractivity contribution in [2.45, 2.75) is 19.6 Å². The molecule has 0 amide bonds. The third-order valence-corrected chi connectivity index (χ3v) is 20.6. The average Bonchev–Trinajstić information content (AvgIpc) is 2.56. The van der Waals surface area contributed by atoms with Gasteiger partial charge in [0, 0.05) is 0 Å². The Labute approximate surface area is 142 Å². The van der Waals surface area contributed by atoms with Crippen molar-refractivity contribution in [3.63, 3.8) is 0 Å². The third-order valence-electron chi connectivity index (χ3n) is 4.63. The van der Waals surface area contributed by atoms with Crippen LogP contribution in [0.3, 0.4) is 0 Å². The molecular formula is C17H25N3Si3. The van der Waals surface area contributed by atoms with Crippen molar-refractivity contribution in [1.82, 2.24) is 13.9 Å². The lowest BCUT2D eigenvalue weighted by molar-refractivity contribution is 1.07. The van der Waals surface area contributed by atoms with Crippen molar-refractivity contribution in [3.8, 4) is 0 Å². The van der Waals surface area contributed by atoms with E-state index in [1.165, 1.54) is 10.4 Å². The van der Waals surface area contributed by atoms with Gasteiger partial charge in [0.1, 0.15) is 0 Å². The molecule has 6 heteroatoms. The molecule has 0 radical (unpaired) electrons. The molecule has 120 valence electrons. The van der Waals surface area contributed by atoms with Crippen LogP contribution in [0.2, 0.25) is 19.6 Å². The summed E-state index contributed by atoms with van der Waals surface area (Å²) < 4.78 is 12.0. The van der Waals surface area contributed by atoms with Crippen LogP contribution in [-0.2, 0) is 0 Å². The Morgan fingerprint density at radius 2 is 1.09 bits per heavy atom. The van der Waals surface area contributed by atoms with Crippen LogP contribution in [-0.4, -0.2) is 25.2 Å². The molecule has 1 fully saturated rings. The molecule has 1 saturated heterocycles. The highest BCUT2D eigenvalue weighted by Gasteiger charge is 2.52. The number of benzene rings is 2. The highest BCUT2D eigenvalue weighted by atomic mass is 28.5. The molecule has 0 aliphatic carbocycles. The first kappa shape index (κ1) is 16.6. The van der Waals surface area contributed by atoms with Crippen LogP contribution < -0.4 is 24.3 Å². The van der Waals surface area contributed by atoms with Gasteiger partial charge in [-0.2, -0.15) is 0 Å². The minimum Gasteiger partial charge on any atom is -0.329 e. The fourth-order valence-electron chi connectivity index (χ4n) is 3.57. The largest absolute Gasteiger partial charge is 0.329 e. The lowest BCUT2D eigenvalue weighted by Crippen LogP contribution is -2.95. The fourth-order valence-corrected chi connectivity index (χ4v) is 23.2. The summed E-state index contributed by atoms with van der Waals surface area (Å²) in [6.45, 7) is 11.2. The molecule has 0 aromatic heterocycles. The van der Waals surface area contributed by atoms with Crippen LogP contribution in [0.4, 0.5) is 0 Å². The van der Waals surface area contributed by atoms with Gasteiger partial charge in [0.15, 0.2) is 0 Å². The Morgan fingerprint density at radius 1 is 0.696 bits per heavy atom. The minimum atomic E-state index is -2.00. The molecule has 3 N–H and O–H groups in total. The van der Waals surface area contributed by atoms with E-state index in [0.29, 0.717) is 0 Å². The van der Waals surface area contributed by atoms with Crippen molar-refractivity contribution in [2.24, 2.45) is 0 Å². The van der Waals surface area contributed by atoms with Crippen molar-refractivity contribution < 1.29 is 0 Å². The Bertz CT molecular complexity index is 641. The molecular weight excluding hydrogens is 330 g/mol. The summed E-state index contributed by atoms with van der Waals surface area (Å²) in [6, 6.07) is 21.7. The molecule has 0 saturated carbocycles. The molecule has 2 atom stereocenters. The lowest BCUT2D eigenvalue weighted by Gasteiger charge is -2.52. The first-order chi connectivity index (χ1) is 10.9. The van der Waals surface area contributed by atoms with Gasteiger partial charge in [-0.15, -0.1) is 6.58 Å². The van der Waals surface area contributed by atoms with Gasteiger partial charge in [-0.05, 0) is 30.0 Å². The van der Waals surface area contributed by atoms with Gasteiger partial charge in [-0.3, -0.25) is 0 Å². The Balaban J connectivity index is 2.08. The van der Waals surface area contributed by atoms with Crippen LogP contribution >= 0.6 is 0 Å². The van der Waals surface area contributed by atoms with Crippen LogP contribution in [0.25, 0.3) is 0 Å². The third kappa shape index (κ3) is 3.19. The van der Waals surface area contributed by atoms with Crippen molar-refractivity contribution in [3.05, 3.63) is 72.9 Å². The van der Waals surface area contributed by atoms with Crippen molar-refractivity contribution in [1.29, 1.82) is 0 Å². The van der Waals surface area contributed by atoms with Crippen molar-refractivity contribution in [2.75, 3.05) is 0 Å². The molecule has 1 aliphatic rings. The van der Waals surface area contributed by atoms with E-state index >= 15 is 0 Å². The molecule has 23 heavy (non-hydrogen) atoms. The van der Waals surface area contributed by atoms with E-state index in [2.05, 4.69) is 107 Å². The Morgan fingerprint density at radius 3 is 1.43 bits per heavy atom. The highest BCUT2D eigenvalue weighted by molar-refractivity contribution is 7.14. The second-order valence-electron chi connectivity index (χ2n) is 6.76. The van der Waals surface area contributed by atoms with Gasteiger partial charge >= 0.3 is 0 Å². The molecule has 3 rings (SSSR count). The highest BCUT2D eigenvalue weighted by Crippen LogP contribution is 2.14. The predicted octanol–water partition coefficient (Wildman–Crippen LogP) is 1.52. The zero-order valence-corrected chi connectivity index (χ0v) is 17.1. The summed E-state index contributed by atoms with van der Waals surface area (Å²) in [6.07, 6.45) is 0. The first-order valence-electron chi connectivity index (χ1n) is 8.02. The predicted molar refractivity (Wildman–Crippen MR) is 107 cm³/mol. The monoisotopic (exact) mass is 355 g/mol. The standard InChI is InChI=1S/C17H25N3Si3/c1-5-21(2)18-22(3,16-12-8-6-9-13-16)20-23(4,19-21)17-14-10-7-11-15-17/h5-15,18-20H,1H2,2-4H3. The Hall–Kier alpha value is -1.29. The molecule has 0 spiro atoms. The molecule has 3 nitrogen and oxygen atoms in total. The molecule has 2 aromatic rings. The topological polar surface area (TPSA) is 36.1 Å². The van der Waals surface area contributed by atoms with Crippen molar-refractivity contribution >= 4 is 35.6 Å². The molecule has 1 aliphatic heterocycles. The van der Waals surface area contributed by atoms with Gasteiger partial charge in [0.25, 0.3) is 0 Å². The van der Waals surface area contributed by atoms with E-state index in [0.717, 1.165) is 0 Å². The number of rotatable bonds is 3. The second kappa shape index (κ2) is 5.97. The smallest absolute Gasteiger partial charge is 0.220 e. The zero-order valence-electron chi connectivity index (χ0n) is 14.1. The fraction of sp³-hybridized carbons (Fsp3) is 0.176. The maximum atomic E-state index is 4.13.